The summed E-state index contributed by atoms with van der Waals surface area (Å²) in [6.07, 6.45) is 3.04. The highest BCUT2D eigenvalue weighted by Gasteiger charge is 2.44. The average Bonchev–Trinajstić information content (AvgIpc) is 3.11. The first-order valence-electron chi connectivity index (χ1n) is 7.54. The average molecular weight is 325 g/mol. The number of hydrogen-bond donors (Lipinski definition) is 1. The molecule has 1 amide bonds. The van der Waals surface area contributed by atoms with Crippen LogP contribution in [-0.4, -0.2) is 47.6 Å². The highest BCUT2D eigenvalue weighted by atomic mass is 16.5. The zero-order chi connectivity index (χ0) is 16.8. The van der Waals surface area contributed by atoms with Crippen LogP contribution in [0.2, 0.25) is 0 Å². The number of nitrogens with zero attached hydrogens (tertiary/aromatic N) is 4. The molecule has 8 nitrogen and oxygen atoms in total. The summed E-state index contributed by atoms with van der Waals surface area (Å²) in [5.41, 5.74) is 2.88. The lowest BCUT2D eigenvalue weighted by atomic mass is 9.91. The van der Waals surface area contributed by atoms with Crippen LogP contribution in [0.15, 0.2) is 39.7 Å². The molecule has 0 bridgehead atoms. The van der Waals surface area contributed by atoms with Gasteiger partial charge in [0.2, 0.25) is 5.91 Å². The Balaban J connectivity index is 1.80. The molecule has 0 saturated heterocycles. The molecule has 0 fully saturated rings. The number of carbonyl (C=O) groups is 2. The lowest BCUT2D eigenvalue weighted by molar-refractivity contribution is -0.144. The van der Waals surface area contributed by atoms with Gasteiger partial charge >= 0.3 is 5.97 Å². The lowest BCUT2D eigenvalue weighted by Gasteiger charge is -2.23. The van der Waals surface area contributed by atoms with Gasteiger partial charge in [-0.05, 0) is 18.6 Å². The summed E-state index contributed by atoms with van der Waals surface area (Å²) in [6.45, 7) is 2.24. The minimum Gasteiger partial charge on any atom is -0.469 e. The molecule has 2 atom stereocenters. The molecule has 8 heteroatoms. The number of ether oxygens (including phenoxy) is 1. The number of aliphatic imine (C=N–C) groups is 1. The fraction of sp³-hybridized carbons (Fsp3) is 0.312. The van der Waals surface area contributed by atoms with Gasteiger partial charge in [0.25, 0.3) is 0 Å². The summed E-state index contributed by atoms with van der Waals surface area (Å²) in [5.74, 6) is -0.931. The molecule has 0 aromatic carbocycles. The van der Waals surface area contributed by atoms with Gasteiger partial charge in [0.15, 0.2) is 0 Å². The van der Waals surface area contributed by atoms with Crippen molar-refractivity contribution in [1.29, 1.82) is 0 Å². The summed E-state index contributed by atoms with van der Waals surface area (Å²) in [7, 11) is 1.36. The highest BCUT2D eigenvalue weighted by molar-refractivity contribution is 6.25. The van der Waals surface area contributed by atoms with E-state index >= 15 is 0 Å². The molecule has 0 aliphatic carbocycles. The second kappa shape index (κ2) is 5.26. The molecule has 1 N–H and O–H groups in total. The molecule has 1 aromatic heterocycles. The number of aromatic nitrogens is 1. The third-order valence-corrected chi connectivity index (χ3v) is 4.55. The molecule has 2 unspecified atom stereocenters. The number of esters is 1. The Hall–Kier alpha value is -3.03. The Morgan fingerprint density at radius 2 is 2.29 bits per heavy atom. The second-order valence-electron chi connectivity index (χ2n) is 5.80. The number of allylic oxidation sites excluding steroid dienone is 1. The van der Waals surface area contributed by atoms with Crippen molar-refractivity contribution < 1.29 is 14.3 Å². The summed E-state index contributed by atoms with van der Waals surface area (Å²) in [6, 6.07) is 3.64. The molecule has 0 spiro atoms. The smallest absolute Gasteiger partial charge is 0.314 e. The Morgan fingerprint density at radius 3 is 3.08 bits per heavy atom. The quantitative estimate of drug-likeness (QED) is 0.815. The van der Waals surface area contributed by atoms with Crippen LogP contribution in [0, 0.1) is 5.92 Å². The van der Waals surface area contributed by atoms with Gasteiger partial charge in [-0.3, -0.25) is 14.6 Å². The second-order valence-corrected chi connectivity index (χ2v) is 5.80. The van der Waals surface area contributed by atoms with Crippen molar-refractivity contribution in [3.05, 3.63) is 35.2 Å². The SMILES string of the molecule is COC(=O)C1CN2N=CN=C(C3C(=O)Nc4ncccc43)C2=C1C. The standard InChI is InChI=1S/C16H15N5O3/c1-8-10(16(23)24-2)6-21-13(8)12(18-7-19-21)11-9-4-3-5-17-14(9)20-15(11)22/h3-5,7,10-11H,6H2,1-2H3,(H,17,20,22). The van der Waals surface area contributed by atoms with E-state index in [1.54, 1.807) is 17.3 Å². The number of nitrogens with one attached hydrogen (secondary N) is 1. The number of anilines is 1. The van der Waals surface area contributed by atoms with Gasteiger partial charge < -0.3 is 10.1 Å². The maximum atomic E-state index is 12.5. The van der Waals surface area contributed by atoms with Gasteiger partial charge in [0.05, 0.1) is 31.0 Å². The van der Waals surface area contributed by atoms with Gasteiger partial charge in [-0.25, -0.2) is 9.98 Å². The maximum absolute atomic E-state index is 12.5. The topological polar surface area (TPSA) is 96.2 Å². The van der Waals surface area contributed by atoms with E-state index in [2.05, 4.69) is 20.4 Å². The van der Waals surface area contributed by atoms with Gasteiger partial charge in [-0.1, -0.05) is 6.07 Å². The monoisotopic (exact) mass is 325 g/mol. The van der Waals surface area contributed by atoms with Crippen molar-refractivity contribution in [3.8, 4) is 0 Å². The molecule has 122 valence electrons. The van der Waals surface area contributed by atoms with Crippen LogP contribution >= 0.6 is 0 Å². The Labute approximate surface area is 137 Å². The first kappa shape index (κ1) is 14.6. The first-order valence-corrected chi connectivity index (χ1v) is 7.54. The largest absolute Gasteiger partial charge is 0.469 e. The zero-order valence-corrected chi connectivity index (χ0v) is 13.2. The predicted octanol–water partition coefficient (Wildman–Crippen LogP) is 0.894. The Kier molecular flexibility index (Phi) is 3.19. The van der Waals surface area contributed by atoms with Crippen LogP contribution in [-0.2, 0) is 14.3 Å². The van der Waals surface area contributed by atoms with Crippen LogP contribution < -0.4 is 5.32 Å². The fourth-order valence-corrected chi connectivity index (χ4v) is 3.38. The van der Waals surface area contributed by atoms with Crippen molar-refractivity contribution in [2.75, 3.05) is 19.0 Å². The number of rotatable bonds is 2. The molecule has 0 radical (unpaired) electrons. The zero-order valence-electron chi connectivity index (χ0n) is 13.2. The Bertz CT molecular complexity index is 842. The summed E-state index contributed by atoms with van der Waals surface area (Å²) < 4.78 is 4.87. The molecule has 0 saturated carbocycles. The van der Waals surface area contributed by atoms with Crippen LogP contribution in [0.25, 0.3) is 0 Å². The van der Waals surface area contributed by atoms with Crippen molar-refractivity contribution >= 4 is 29.7 Å². The van der Waals surface area contributed by atoms with Crippen molar-refractivity contribution in [3.63, 3.8) is 0 Å². The number of methoxy groups -OCH3 is 1. The van der Waals surface area contributed by atoms with E-state index in [9.17, 15) is 9.59 Å². The summed E-state index contributed by atoms with van der Waals surface area (Å²) in [4.78, 5) is 33.0. The van der Waals surface area contributed by atoms with E-state index < -0.39 is 11.8 Å². The molecule has 4 heterocycles. The van der Waals surface area contributed by atoms with Gasteiger partial charge in [0.1, 0.15) is 18.1 Å². The van der Waals surface area contributed by atoms with Crippen molar-refractivity contribution in [2.45, 2.75) is 12.8 Å². The number of amides is 1. The van der Waals surface area contributed by atoms with Gasteiger partial charge in [-0.2, -0.15) is 5.10 Å². The first-order chi connectivity index (χ1) is 11.6. The third kappa shape index (κ3) is 1.96. The van der Waals surface area contributed by atoms with Gasteiger partial charge in [-0.15, -0.1) is 0 Å². The number of fused-ring (bicyclic) bond motifs is 2. The minimum absolute atomic E-state index is 0.181. The van der Waals surface area contributed by atoms with Crippen LogP contribution in [0.1, 0.15) is 18.4 Å². The Morgan fingerprint density at radius 1 is 1.46 bits per heavy atom. The van der Waals surface area contributed by atoms with E-state index in [1.807, 2.05) is 13.0 Å². The van der Waals surface area contributed by atoms with Crippen molar-refractivity contribution in [2.24, 2.45) is 16.0 Å². The molecule has 4 rings (SSSR count). The number of carbonyl (C=O) groups excluding carboxylic acids is 2. The normalized spacial score (nSPS) is 24.5. The molecule has 3 aliphatic rings. The predicted molar refractivity (Wildman–Crippen MR) is 86.4 cm³/mol. The van der Waals surface area contributed by atoms with E-state index in [0.717, 1.165) is 11.1 Å². The molecule has 24 heavy (non-hydrogen) atoms. The van der Waals surface area contributed by atoms with Crippen LogP contribution in [0.5, 0.6) is 0 Å². The molecular formula is C16H15N5O3. The third-order valence-electron chi connectivity index (χ3n) is 4.55. The van der Waals surface area contributed by atoms with Crippen LogP contribution in [0.3, 0.4) is 0 Å². The maximum Gasteiger partial charge on any atom is 0.314 e. The van der Waals surface area contributed by atoms with E-state index in [-0.39, 0.29) is 11.9 Å². The van der Waals surface area contributed by atoms with E-state index in [4.69, 9.17) is 4.74 Å². The van der Waals surface area contributed by atoms with Gasteiger partial charge in [0, 0.05) is 11.8 Å². The molecule has 1 aromatic rings. The number of hydrogen-bond acceptors (Lipinski definition) is 7. The summed E-state index contributed by atoms with van der Waals surface area (Å²) >= 11 is 0. The summed E-state index contributed by atoms with van der Waals surface area (Å²) in [5, 5.41) is 8.71. The highest BCUT2D eigenvalue weighted by Crippen LogP contribution is 2.39. The minimum atomic E-state index is -0.565. The fourth-order valence-electron chi connectivity index (χ4n) is 3.38. The van der Waals surface area contributed by atoms with E-state index in [1.165, 1.54) is 13.4 Å². The van der Waals surface area contributed by atoms with Crippen LogP contribution in [0.4, 0.5) is 5.82 Å². The van der Waals surface area contributed by atoms with E-state index in [0.29, 0.717) is 23.8 Å². The number of pyridine rings is 1. The lowest BCUT2D eigenvalue weighted by Crippen LogP contribution is -2.31. The van der Waals surface area contributed by atoms with Crippen molar-refractivity contribution in [1.82, 2.24) is 9.99 Å². The number of hydrazone groups is 1. The molecule has 3 aliphatic heterocycles. The molecular weight excluding hydrogens is 310 g/mol.